The summed E-state index contributed by atoms with van der Waals surface area (Å²) in [5.41, 5.74) is 3.24. The van der Waals surface area contributed by atoms with E-state index < -0.39 is 0 Å². The van der Waals surface area contributed by atoms with E-state index in [4.69, 9.17) is 4.98 Å². The molecule has 2 aromatic carbocycles. The fraction of sp³-hybridized carbons (Fsp3) is 0.391. The predicted octanol–water partition coefficient (Wildman–Crippen LogP) is 3.85. The lowest BCUT2D eigenvalue weighted by Crippen LogP contribution is -2.38. The van der Waals surface area contributed by atoms with Crippen LogP contribution in [0.25, 0.3) is 11.0 Å². The number of hydrogen-bond acceptors (Lipinski definition) is 4. The maximum absolute atomic E-state index is 12.9. The van der Waals surface area contributed by atoms with E-state index in [2.05, 4.69) is 45.3 Å². The van der Waals surface area contributed by atoms with E-state index in [9.17, 15) is 4.79 Å². The Kier molecular flexibility index (Phi) is 6.52. The number of hydrogen-bond donors (Lipinski definition) is 1. The van der Waals surface area contributed by atoms with Gasteiger partial charge in [-0.05, 0) is 49.9 Å². The first-order valence-electron chi connectivity index (χ1n) is 10.2. The summed E-state index contributed by atoms with van der Waals surface area (Å²) in [4.78, 5) is 20.1. The fourth-order valence-corrected chi connectivity index (χ4v) is 4.62. The first-order chi connectivity index (χ1) is 14.3. The van der Waals surface area contributed by atoms with Gasteiger partial charge < -0.3 is 9.88 Å². The number of nitrogens with zero attached hydrogens (tertiary/aromatic N) is 3. The van der Waals surface area contributed by atoms with E-state index in [0.29, 0.717) is 13.1 Å². The average molecular weight is 409 g/mol. The average Bonchev–Trinajstić information content (AvgIpc) is 3.38. The summed E-state index contributed by atoms with van der Waals surface area (Å²) in [6.07, 6.45) is 4.52. The lowest BCUT2D eigenvalue weighted by molar-refractivity contribution is -0.121. The van der Waals surface area contributed by atoms with Crippen molar-refractivity contribution in [2.75, 3.05) is 25.9 Å². The third-order valence-corrected chi connectivity index (χ3v) is 6.11. The van der Waals surface area contributed by atoms with Gasteiger partial charge in [0.2, 0.25) is 5.91 Å². The third kappa shape index (κ3) is 4.65. The largest absolute Gasteiger partial charge is 0.353 e. The molecule has 0 bridgehead atoms. The number of likely N-dealkylation sites (tertiary alicyclic amines) is 1. The normalized spacial score (nSPS) is 15.6. The van der Waals surface area contributed by atoms with Gasteiger partial charge in [0, 0.05) is 6.54 Å². The molecule has 1 amide bonds. The lowest BCUT2D eigenvalue weighted by Gasteiger charge is -2.28. The molecule has 0 radical (unpaired) electrons. The number of benzene rings is 2. The Bertz CT molecular complexity index is 950. The van der Waals surface area contributed by atoms with Gasteiger partial charge in [-0.25, -0.2) is 4.98 Å². The van der Waals surface area contributed by atoms with Crippen LogP contribution in [0.15, 0.2) is 54.6 Å². The molecule has 2 heterocycles. The van der Waals surface area contributed by atoms with Crippen LogP contribution < -0.4 is 5.32 Å². The highest BCUT2D eigenvalue weighted by Gasteiger charge is 2.24. The topological polar surface area (TPSA) is 50.2 Å². The molecule has 5 nitrogen and oxygen atoms in total. The molecule has 0 spiro atoms. The van der Waals surface area contributed by atoms with Gasteiger partial charge in [-0.1, -0.05) is 42.5 Å². The molecule has 0 aliphatic carbocycles. The Hall–Kier alpha value is -2.31. The molecular weight excluding hydrogens is 380 g/mol. The van der Waals surface area contributed by atoms with Crippen molar-refractivity contribution in [1.29, 1.82) is 0 Å². The Morgan fingerprint density at radius 3 is 2.59 bits per heavy atom. The standard InChI is InChI=1S/C23H28N4OS/c1-29-17-22-25-19-11-5-6-12-20(19)27(22)16-23(28)24-15-21(26-13-7-8-14-26)18-9-3-2-4-10-18/h2-6,9-12,21H,7-8,13-17H2,1H3,(H,24,28). The summed E-state index contributed by atoms with van der Waals surface area (Å²) >= 11 is 1.72. The molecule has 1 aliphatic rings. The molecule has 1 N–H and O–H groups in total. The lowest BCUT2D eigenvalue weighted by atomic mass is 10.1. The summed E-state index contributed by atoms with van der Waals surface area (Å²) in [7, 11) is 0. The maximum Gasteiger partial charge on any atom is 0.240 e. The van der Waals surface area contributed by atoms with Crippen LogP contribution in [0.3, 0.4) is 0 Å². The van der Waals surface area contributed by atoms with Crippen molar-refractivity contribution in [1.82, 2.24) is 19.8 Å². The fourth-order valence-electron chi connectivity index (χ4n) is 4.14. The zero-order valence-corrected chi connectivity index (χ0v) is 17.7. The molecule has 0 saturated carbocycles. The van der Waals surface area contributed by atoms with Gasteiger partial charge in [-0.3, -0.25) is 9.69 Å². The highest BCUT2D eigenvalue weighted by Crippen LogP contribution is 2.24. The van der Waals surface area contributed by atoms with Crippen molar-refractivity contribution >= 4 is 28.7 Å². The van der Waals surface area contributed by atoms with Crippen molar-refractivity contribution in [3.63, 3.8) is 0 Å². The van der Waals surface area contributed by atoms with Gasteiger partial charge in [0.15, 0.2) is 0 Å². The van der Waals surface area contributed by atoms with Gasteiger partial charge in [-0.15, -0.1) is 0 Å². The molecule has 1 unspecified atom stereocenters. The first-order valence-corrected chi connectivity index (χ1v) is 11.6. The second-order valence-electron chi connectivity index (χ2n) is 7.51. The number of fused-ring (bicyclic) bond motifs is 1. The van der Waals surface area contributed by atoms with E-state index in [-0.39, 0.29) is 11.9 Å². The number of aromatic nitrogens is 2. The van der Waals surface area contributed by atoms with Crippen molar-refractivity contribution < 1.29 is 4.79 Å². The number of imidazole rings is 1. The zero-order valence-electron chi connectivity index (χ0n) is 16.9. The Morgan fingerprint density at radius 1 is 1.10 bits per heavy atom. The van der Waals surface area contributed by atoms with Gasteiger partial charge in [0.05, 0.1) is 22.8 Å². The van der Waals surface area contributed by atoms with Gasteiger partial charge in [0.1, 0.15) is 12.4 Å². The Morgan fingerprint density at radius 2 is 1.83 bits per heavy atom. The van der Waals surface area contributed by atoms with Gasteiger partial charge in [-0.2, -0.15) is 11.8 Å². The number of nitrogens with one attached hydrogen (secondary N) is 1. The summed E-state index contributed by atoms with van der Waals surface area (Å²) in [5.74, 6) is 1.78. The molecule has 6 heteroatoms. The van der Waals surface area contributed by atoms with Crippen LogP contribution in [-0.4, -0.2) is 46.2 Å². The quantitative estimate of drug-likeness (QED) is 0.615. The molecule has 152 valence electrons. The number of carbonyl (C=O) groups excluding carboxylic acids is 1. The SMILES string of the molecule is CSCc1nc2ccccc2n1CC(=O)NCC(c1ccccc1)N1CCCC1. The van der Waals surface area contributed by atoms with Crippen LogP contribution in [0.5, 0.6) is 0 Å². The van der Waals surface area contributed by atoms with Crippen LogP contribution >= 0.6 is 11.8 Å². The first kappa shape index (κ1) is 20.0. The third-order valence-electron chi connectivity index (χ3n) is 5.57. The number of rotatable bonds is 8. The number of amides is 1. The highest BCUT2D eigenvalue weighted by atomic mass is 32.2. The van der Waals surface area contributed by atoms with Crippen LogP contribution in [0, 0.1) is 0 Å². The smallest absolute Gasteiger partial charge is 0.240 e. The Labute approximate surface area is 176 Å². The molecule has 4 rings (SSSR count). The van der Waals surface area contributed by atoms with E-state index in [1.807, 2.05) is 30.3 Å². The minimum atomic E-state index is 0.0376. The second kappa shape index (κ2) is 9.46. The predicted molar refractivity (Wildman–Crippen MR) is 120 cm³/mol. The van der Waals surface area contributed by atoms with Crippen LogP contribution in [0.2, 0.25) is 0 Å². The summed E-state index contributed by atoms with van der Waals surface area (Å²) in [6, 6.07) is 18.8. The summed E-state index contributed by atoms with van der Waals surface area (Å²) in [6.45, 7) is 3.13. The highest BCUT2D eigenvalue weighted by molar-refractivity contribution is 7.97. The van der Waals surface area contributed by atoms with Crippen molar-refractivity contribution in [2.24, 2.45) is 0 Å². The number of carbonyl (C=O) groups is 1. The van der Waals surface area contributed by atoms with Gasteiger partial charge >= 0.3 is 0 Å². The van der Waals surface area contributed by atoms with Crippen molar-refractivity contribution in [3.05, 3.63) is 66.0 Å². The maximum atomic E-state index is 12.9. The molecular formula is C23H28N4OS. The van der Waals surface area contributed by atoms with E-state index in [1.54, 1.807) is 11.8 Å². The number of para-hydroxylation sites is 2. The number of thioether (sulfide) groups is 1. The van der Waals surface area contributed by atoms with E-state index in [1.165, 1.54) is 18.4 Å². The Balaban J connectivity index is 1.48. The molecule has 29 heavy (non-hydrogen) atoms. The molecule has 1 fully saturated rings. The minimum absolute atomic E-state index is 0.0376. The second-order valence-corrected chi connectivity index (χ2v) is 8.38. The van der Waals surface area contributed by atoms with Crippen LogP contribution in [0.4, 0.5) is 0 Å². The molecule has 1 atom stereocenters. The molecule has 1 aromatic heterocycles. The van der Waals surface area contributed by atoms with Crippen molar-refractivity contribution in [2.45, 2.75) is 31.2 Å². The van der Waals surface area contributed by atoms with Crippen LogP contribution in [0.1, 0.15) is 30.3 Å². The van der Waals surface area contributed by atoms with Crippen molar-refractivity contribution in [3.8, 4) is 0 Å². The van der Waals surface area contributed by atoms with E-state index in [0.717, 1.165) is 35.7 Å². The van der Waals surface area contributed by atoms with Crippen LogP contribution in [-0.2, 0) is 17.1 Å². The minimum Gasteiger partial charge on any atom is -0.353 e. The molecule has 3 aromatic rings. The zero-order chi connectivity index (χ0) is 20.1. The summed E-state index contributed by atoms with van der Waals surface area (Å²) < 4.78 is 2.05. The molecule has 1 saturated heterocycles. The molecule has 1 aliphatic heterocycles. The summed E-state index contributed by atoms with van der Waals surface area (Å²) in [5, 5.41) is 3.19. The monoisotopic (exact) mass is 408 g/mol. The van der Waals surface area contributed by atoms with E-state index >= 15 is 0 Å². The van der Waals surface area contributed by atoms with Gasteiger partial charge in [0.25, 0.3) is 0 Å².